The molecule has 5 rings (SSSR count). The molecule has 1 aromatic carbocycles. The van der Waals surface area contributed by atoms with E-state index in [1.807, 2.05) is 6.07 Å². The molecule has 4 saturated carbocycles. The molecule has 0 saturated heterocycles. The third-order valence-corrected chi connectivity index (χ3v) is 6.46. The molecule has 1 atom stereocenters. The third-order valence-electron chi connectivity index (χ3n) is 6.46. The number of anilines is 1. The first-order valence-electron chi connectivity index (χ1n) is 9.63. The molecule has 1 aromatic rings. The zero-order valence-corrected chi connectivity index (χ0v) is 15.5. The summed E-state index contributed by atoms with van der Waals surface area (Å²) in [6.45, 7) is 1.65. The minimum absolute atomic E-state index is 0.162. The third kappa shape index (κ3) is 3.19. The van der Waals surface area contributed by atoms with E-state index in [2.05, 4.69) is 5.32 Å². The zero-order chi connectivity index (χ0) is 18.3. The Morgan fingerprint density at radius 1 is 1.12 bits per heavy atom. The first-order valence-corrected chi connectivity index (χ1v) is 9.63. The highest BCUT2D eigenvalue weighted by molar-refractivity contribution is 5.95. The maximum Gasteiger partial charge on any atom is 0.312 e. The Morgan fingerprint density at radius 2 is 1.73 bits per heavy atom. The van der Waals surface area contributed by atoms with Gasteiger partial charge in [0, 0.05) is 11.8 Å². The molecule has 26 heavy (non-hydrogen) atoms. The summed E-state index contributed by atoms with van der Waals surface area (Å²) in [5.74, 6) is 2.22. The maximum absolute atomic E-state index is 12.9. The van der Waals surface area contributed by atoms with Gasteiger partial charge in [0.2, 0.25) is 0 Å². The predicted molar refractivity (Wildman–Crippen MR) is 97.8 cm³/mol. The van der Waals surface area contributed by atoms with Gasteiger partial charge in [0.05, 0.1) is 12.5 Å². The van der Waals surface area contributed by atoms with E-state index in [9.17, 15) is 9.59 Å². The first-order chi connectivity index (χ1) is 12.5. The fraction of sp³-hybridized carbons (Fsp3) is 0.619. The SMILES string of the molecule is COc1cccc(NC(=O)[C@H](C)OC(=O)C23CC4CC(CC(C4)C2)C3)c1. The Bertz CT molecular complexity index is 678. The number of esters is 1. The van der Waals surface area contributed by atoms with Gasteiger partial charge in [-0.2, -0.15) is 0 Å². The molecule has 1 N–H and O–H groups in total. The second-order valence-corrected chi connectivity index (χ2v) is 8.47. The number of methoxy groups -OCH3 is 1. The lowest BCUT2D eigenvalue weighted by Crippen LogP contribution is -2.51. The summed E-state index contributed by atoms with van der Waals surface area (Å²) in [4.78, 5) is 25.4. The quantitative estimate of drug-likeness (QED) is 0.815. The number of hydrogen-bond donors (Lipinski definition) is 1. The van der Waals surface area contributed by atoms with Gasteiger partial charge in [-0.1, -0.05) is 6.07 Å². The smallest absolute Gasteiger partial charge is 0.312 e. The van der Waals surface area contributed by atoms with E-state index in [1.54, 1.807) is 32.2 Å². The molecule has 0 aromatic heterocycles. The number of amides is 1. The van der Waals surface area contributed by atoms with Crippen molar-refractivity contribution in [3.8, 4) is 5.75 Å². The average Bonchev–Trinajstić information content (AvgIpc) is 2.60. The molecule has 5 nitrogen and oxygen atoms in total. The number of benzene rings is 1. The van der Waals surface area contributed by atoms with Crippen LogP contribution in [0.5, 0.6) is 5.75 Å². The van der Waals surface area contributed by atoms with Gasteiger partial charge in [-0.3, -0.25) is 9.59 Å². The summed E-state index contributed by atoms with van der Waals surface area (Å²) in [6.07, 6.45) is 5.86. The van der Waals surface area contributed by atoms with E-state index in [0.29, 0.717) is 29.2 Å². The number of nitrogens with one attached hydrogen (secondary N) is 1. The molecule has 4 bridgehead atoms. The molecule has 140 valence electrons. The summed E-state index contributed by atoms with van der Waals surface area (Å²) in [5, 5.41) is 2.80. The van der Waals surface area contributed by atoms with E-state index < -0.39 is 6.10 Å². The minimum atomic E-state index is -0.804. The van der Waals surface area contributed by atoms with E-state index >= 15 is 0 Å². The average molecular weight is 357 g/mol. The van der Waals surface area contributed by atoms with Crippen molar-refractivity contribution in [2.24, 2.45) is 23.2 Å². The lowest BCUT2D eigenvalue weighted by molar-refractivity contribution is -0.177. The molecule has 4 aliphatic carbocycles. The zero-order valence-electron chi connectivity index (χ0n) is 15.5. The van der Waals surface area contributed by atoms with E-state index in [4.69, 9.17) is 9.47 Å². The minimum Gasteiger partial charge on any atom is -0.497 e. The second-order valence-electron chi connectivity index (χ2n) is 8.47. The highest BCUT2D eigenvalue weighted by atomic mass is 16.5. The topological polar surface area (TPSA) is 64.6 Å². The molecular weight excluding hydrogens is 330 g/mol. The molecule has 5 heteroatoms. The monoisotopic (exact) mass is 357 g/mol. The van der Waals surface area contributed by atoms with E-state index in [0.717, 1.165) is 19.3 Å². The maximum atomic E-state index is 12.9. The number of carbonyl (C=O) groups excluding carboxylic acids is 2. The van der Waals surface area contributed by atoms with Crippen molar-refractivity contribution in [1.82, 2.24) is 0 Å². The summed E-state index contributed by atoms with van der Waals surface area (Å²) in [5.41, 5.74) is 0.297. The van der Waals surface area contributed by atoms with Crippen LogP contribution < -0.4 is 10.1 Å². The van der Waals surface area contributed by atoms with Crippen LogP contribution >= 0.6 is 0 Å². The number of rotatable bonds is 5. The Hall–Kier alpha value is -2.04. The number of hydrogen-bond acceptors (Lipinski definition) is 4. The van der Waals surface area contributed by atoms with E-state index in [-0.39, 0.29) is 17.3 Å². The van der Waals surface area contributed by atoms with Gasteiger partial charge >= 0.3 is 5.97 Å². The highest BCUT2D eigenvalue weighted by Crippen LogP contribution is 2.60. The fourth-order valence-corrected chi connectivity index (χ4v) is 5.64. The van der Waals surface area contributed by atoms with Crippen molar-refractivity contribution in [1.29, 1.82) is 0 Å². The summed E-state index contributed by atoms with van der Waals surface area (Å²) >= 11 is 0. The van der Waals surface area contributed by atoms with Gasteiger partial charge in [0.25, 0.3) is 5.91 Å². The lowest BCUT2D eigenvalue weighted by atomic mass is 9.49. The molecule has 0 radical (unpaired) electrons. The molecule has 0 spiro atoms. The predicted octanol–water partition coefficient (Wildman–Crippen LogP) is 3.78. The van der Waals surface area contributed by atoms with Crippen LogP contribution in [0.4, 0.5) is 5.69 Å². The molecule has 0 heterocycles. The van der Waals surface area contributed by atoms with Gasteiger partial charge in [-0.15, -0.1) is 0 Å². The van der Waals surface area contributed by atoms with E-state index in [1.165, 1.54) is 19.3 Å². The van der Waals surface area contributed by atoms with Crippen molar-refractivity contribution < 1.29 is 19.1 Å². The van der Waals surface area contributed by atoms with Gasteiger partial charge in [0.1, 0.15) is 5.75 Å². The van der Waals surface area contributed by atoms with Crippen LogP contribution in [-0.4, -0.2) is 25.1 Å². The molecule has 4 fully saturated rings. The standard InChI is InChI=1S/C21H27NO4/c1-13(19(23)22-17-4-3-5-18(9-17)25-2)26-20(24)21-10-14-6-15(11-21)8-16(7-14)12-21/h3-5,9,13-16H,6-8,10-12H2,1-2H3,(H,22,23)/t13-,14?,15?,16?,21?/m0/s1. The van der Waals surface area contributed by atoms with Crippen LogP contribution in [0.25, 0.3) is 0 Å². The second kappa shape index (κ2) is 6.60. The highest BCUT2D eigenvalue weighted by Gasteiger charge is 2.55. The van der Waals surface area contributed by atoms with Crippen LogP contribution in [0.1, 0.15) is 45.4 Å². The van der Waals surface area contributed by atoms with Crippen LogP contribution in [0.3, 0.4) is 0 Å². The van der Waals surface area contributed by atoms with Crippen LogP contribution in [0, 0.1) is 23.2 Å². The fourth-order valence-electron chi connectivity index (χ4n) is 5.64. The Morgan fingerprint density at radius 3 is 2.31 bits per heavy atom. The molecule has 1 amide bonds. The van der Waals surface area contributed by atoms with Crippen molar-refractivity contribution in [2.45, 2.75) is 51.6 Å². The molecule has 0 aliphatic heterocycles. The molecule has 4 aliphatic rings. The summed E-state index contributed by atoms with van der Waals surface area (Å²) in [7, 11) is 1.58. The summed E-state index contributed by atoms with van der Waals surface area (Å²) in [6, 6.07) is 7.15. The summed E-state index contributed by atoms with van der Waals surface area (Å²) < 4.78 is 10.8. The van der Waals surface area contributed by atoms with Crippen LogP contribution in [0.2, 0.25) is 0 Å². The van der Waals surface area contributed by atoms with Gasteiger partial charge in [0.15, 0.2) is 6.10 Å². The Kier molecular flexibility index (Phi) is 4.41. The van der Waals surface area contributed by atoms with Gasteiger partial charge in [-0.05, 0) is 75.3 Å². The molecule has 0 unspecified atom stereocenters. The Balaban J connectivity index is 1.39. The lowest BCUT2D eigenvalue weighted by Gasteiger charge is -2.55. The van der Waals surface area contributed by atoms with Crippen LogP contribution in [0.15, 0.2) is 24.3 Å². The largest absolute Gasteiger partial charge is 0.497 e. The van der Waals surface area contributed by atoms with Crippen molar-refractivity contribution in [3.63, 3.8) is 0 Å². The number of carbonyl (C=O) groups is 2. The Labute approximate surface area is 154 Å². The van der Waals surface area contributed by atoms with Gasteiger partial charge in [-0.25, -0.2) is 0 Å². The van der Waals surface area contributed by atoms with Crippen molar-refractivity contribution in [2.75, 3.05) is 12.4 Å². The normalized spacial score (nSPS) is 32.8. The van der Waals surface area contributed by atoms with Gasteiger partial charge < -0.3 is 14.8 Å². The van der Waals surface area contributed by atoms with Crippen molar-refractivity contribution in [3.05, 3.63) is 24.3 Å². The van der Waals surface area contributed by atoms with Crippen molar-refractivity contribution >= 4 is 17.6 Å². The van der Waals surface area contributed by atoms with Crippen LogP contribution in [-0.2, 0) is 14.3 Å². The first kappa shape index (κ1) is 17.4. The number of ether oxygens (including phenoxy) is 2. The molecular formula is C21H27NO4.